The quantitative estimate of drug-likeness (QED) is 0.883. The Labute approximate surface area is 126 Å². The summed E-state index contributed by atoms with van der Waals surface area (Å²) >= 11 is 0. The highest BCUT2D eigenvalue weighted by molar-refractivity contribution is 5.72. The van der Waals surface area contributed by atoms with Crippen molar-refractivity contribution >= 4 is 5.91 Å². The van der Waals surface area contributed by atoms with E-state index in [1.807, 2.05) is 31.2 Å². The molecule has 2 aromatic rings. The van der Waals surface area contributed by atoms with Crippen molar-refractivity contribution in [3.8, 4) is 5.75 Å². The van der Waals surface area contributed by atoms with Crippen LogP contribution >= 0.6 is 0 Å². The van der Waals surface area contributed by atoms with Crippen LogP contribution in [0.2, 0.25) is 0 Å². The normalized spacial score (nSPS) is 10.2. The molecule has 0 aliphatic carbocycles. The van der Waals surface area contributed by atoms with Crippen LogP contribution in [0.1, 0.15) is 23.6 Å². The van der Waals surface area contributed by atoms with E-state index in [1.165, 1.54) is 12.5 Å². The summed E-state index contributed by atoms with van der Waals surface area (Å²) in [7, 11) is 0. The standard InChI is InChI=1S/C18H21NO2/c1-14-12-16(10-11-19-15(2)20)8-9-18(14)21-13-17-6-4-3-5-7-17/h3-9,12H,10-11,13H2,1-2H3,(H,19,20). The van der Waals surface area contributed by atoms with Gasteiger partial charge in [-0.2, -0.15) is 0 Å². The lowest BCUT2D eigenvalue weighted by atomic mass is 10.1. The second-order valence-corrected chi connectivity index (χ2v) is 5.11. The summed E-state index contributed by atoms with van der Waals surface area (Å²) in [5.41, 5.74) is 3.48. The molecule has 0 saturated heterocycles. The number of carbonyl (C=O) groups is 1. The first-order chi connectivity index (χ1) is 10.1. The van der Waals surface area contributed by atoms with E-state index in [0.29, 0.717) is 13.2 Å². The third-order valence-corrected chi connectivity index (χ3v) is 3.26. The topological polar surface area (TPSA) is 38.3 Å². The number of rotatable bonds is 6. The van der Waals surface area contributed by atoms with Gasteiger partial charge in [0.2, 0.25) is 5.91 Å². The van der Waals surface area contributed by atoms with E-state index in [-0.39, 0.29) is 5.91 Å². The molecule has 110 valence electrons. The molecular formula is C18H21NO2. The minimum atomic E-state index is 0.00883. The average Bonchev–Trinajstić information content (AvgIpc) is 2.47. The molecule has 0 unspecified atom stereocenters. The SMILES string of the molecule is CC(=O)NCCc1ccc(OCc2ccccc2)c(C)c1. The van der Waals surface area contributed by atoms with Gasteiger partial charge in [0.25, 0.3) is 0 Å². The number of hydrogen-bond acceptors (Lipinski definition) is 2. The van der Waals surface area contributed by atoms with Crippen LogP contribution in [0.25, 0.3) is 0 Å². The molecule has 0 heterocycles. The zero-order valence-corrected chi connectivity index (χ0v) is 12.6. The van der Waals surface area contributed by atoms with Gasteiger partial charge in [-0.05, 0) is 36.1 Å². The molecule has 1 N–H and O–H groups in total. The molecule has 2 rings (SSSR count). The van der Waals surface area contributed by atoms with Gasteiger partial charge in [-0.15, -0.1) is 0 Å². The summed E-state index contributed by atoms with van der Waals surface area (Å²) in [6.07, 6.45) is 0.833. The number of benzene rings is 2. The molecule has 0 radical (unpaired) electrons. The molecule has 0 aliphatic rings. The molecule has 0 spiro atoms. The van der Waals surface area contributed by atoms with Gasteiger partial charge in [0.15, 0.2) is 0 Å². The van der Waals surface area contributed by atoms with E-state index in [0.717, 1.165) is 23.3 Å². The Kier molecular flexibility index (Phi) is 5.38. The van der Waals surface area contributed by atoms with Crippen LogP contribution in [0, 0.1) is 6.92 Å². The van der Waals surface area contributed by atoms with Crippen molar-refractivity contribution in [1.82, 2.24) is 5.32 Å². The third-order valence-electron chi connectivity index (χ3n) is 3.26. The maximum Gasteiger partial charge on any atom is 0.216 e. The fourth-order valence-corrected chi connectivity index (χ4v) is 2.15. The largest absolute Gasteiger partial charge is 0.489 e. The van der Waals surface area contributed by atoms with E-state index < -0.39 is 0 Å². The van der Waals surface area contributed by atoms with Gasteiger partial charge in [0.1, 0.15) is 12.4 Å². The lowest BCUT2D eigenvalue weighted by Crippen LogP contribution is -2.22. The molecule has 21 heavy (non-hydrogen) atoms. The number of nitrogens with one attached hydrogen (secondary N) is 1. The summed E-state index contributed by atoms with van der Waals surface area (Å²) in [5, 5.41) is 2.80. The molecule has 0 aromatic heterocycles. The van der Waals surface area contributed by atoms with Crippen molar-refractivity contribution in [2.45, 2.75) is 26.9 Å². The van der Waals surface area contributed by atoms with Crippen LogP contribution in [0.15, 0.2) is 48.5 Å². The van der Waals surface area contributed by atoms with Crippen LogP contribution in [0.4, 0.5) is 0 Å². The van der Waals surface area contributed by atoms with Gasteiger partial charge in [-0.1, -0.05) is 42.5 Å². The molecule has 1 amide bonds. The van der Waals surface area contributed by atoms with Crippen molar-refractivity contribution in [2.24, 2.45) is 0 Å². The Bertz CT molecular complexity index is 593. The first-order valence-electron chi connectivity index (χ1n) is 7.16. The molecule has 0 saturated carbocycles. The first kappa shape index (κ1) is 15.1. The van der Waals surface area contributed by atoms with E-state index in [4.69, 9.17) is 4.74 Å². The number of carbonyl (C=O) groups excluding carboxylic acids is 1. The zero-order chi connectivity index (χ0) is 15.1. The zero-order valence-electron chi connectivity index (χ0n) is 12.6. The minimum absolute atomic E-state index is 0.00883. The van der Waals surface area contributed by atoms with Gasteiger partial charge < -0.3 is 10.1 Å². The number of hydrogen-bond donors (Lipinski definition) is 1. The van der Waals surface area contributed by atoms with Crippen LogP contribution in [-0.2, 0) is 17.8 Å². The maximum atomic E-state index is 10.8. The molecular weight excluding hydrogens is 262 g/mol. The fourth-order valence-electron chi connectivity index (χ4n) is 2.15. The van der Waals surface area contributed by atoms with Gasteiger partial charge >= 0.3 is 0 Å². The predicted molar refractivity (Wildman–Crippen MR) is 84.3 cm³/mol. The predicted octanol–water partition coefficient (Wildman–Crippen LogP) is 3.25. The van der Waals surface area contributed by atoms with Crippen molar-refractivity contribution < 1.29 is 9.53 Å². The average molecular weight is 283 g/mol. The summed E-state index contributed by atoms with van der Waals surface area (Å²) in [5.74, 6) is 0.914. The van der Waals surface area contributed by atoms with E-state index in [9.17, 15) is 4.79 Å². The molecule has 3 nitrogen and oxygen atoms in total. The maximum absolute atomic E-state index is 10.8. The summed E-state index contributed by atoms with van der Waals surface area (Å²) in [4.78, 5) is 10.8. The Morgan fingerprint density at radius 1 is 1.10 bits per heavy atom. The molecule has 0 aliphatic heterocycles. The number of amides is 1. The molecule has 2 aromatic carbocycles. The Morgan fingerprint density at radius 2 is 1.86 bits per heavy atom. The summed E-state index contributed by atoms with van der Waals surface area (Å²) in [6, 6.07) is 16.3. The highest BCUT2D eigenvalue weighted by Crippen LogP contribution is 2.20. The van der Waals surface area contributed by atoms with Crippen molar-refractivity contribution in [2.75, 3.05) is 6.54 Å². The Hall–Kier alpha value is -2.29. The van der Waals surface area contributed by atoms with Gasteiger partial charge in [-0.3, -0.25) is 4.79 Å². The lowest BCUT2D eigenvalue weighted by Gasteiger charge is -2.11. The Balaban J connectivity index is 1.91. The molecule has 0 bridgehead atoms. The summed E-state index contributed by atoms with van der Waals surface area (Å²) < 4.78 is 5.85. The van der Waals surface area contributed by atoms with Crippen molar-refractivity contribution in [3.05, 3.63) is 65.2 Å². The molecule has 0 atom stereocenters. The van der Waals surface area contributed by atoms with E-state index in [1.54, 1.807) is 0 Å². The fraction of sp³-hybridized carbons (Fsp3) is 0.278. The van der Waals surface area contributed by atoms with Crippen LogP contribution in [-0.4, -0.2) is 12.5 Å². The van der Waals surface area contributed by atoms with Crippen LogP contribution in [0.5, 0.6) is 5.75 Å². The van der Waals surface area contributed by atoms with Crippen LogP contribution < -0.4 is 10.1 Å². The van der Waals surface area contributed by atoms with Gasteiger partial charge in [0, 0.05) is 13.5 Å². The van der Waals surface area contributed by atoms with Gasteiger partial charge in [-0.25, -0.2) is 0 Å². The second-order valence-electron chi connectivity index (χ2n) is 5.11. The van der Waals surface area contributed by atoms with Crippen molar-refractivity contribution in [3.63, 3.8) is 0 Å². The van der Waals surface area contributed by atoms with E-state index >= 15 is 0 Å². The monoisotopic (exact) mass is 283 g/mol. The number of aryl methyl sites for hydroxylation is 1. The molecule has 0 fully saturated rings. The lowest BCUT2D eigenvalue weighted by molar-refractivity contribution is -0.118. The minimum Gasteiger partial charge on any atom is -0.489 e. The molecule has 3 heteroatoms. The smallest absolute Gasteiger partial charge is 0.216 e. The second kappa shape index (κ2) is 7.48. The van der Waals surface area contributed by atoms with Gasteiger partial charge in [0.05, 0.1) is 0 Å². The number of ether oxygens (including phenoxy) is 1. The van der Waals surface area contributed by atoms with E-state index in [2.05, 4.69) is 29.6 Å². The Morgan fingerprint density at radius 3 is 2.52 bits per heavy atom. The third kappa shape index (κ3) is 4.95. The highest BCUT2D eigenvalue weighted by atomic mass is 16.5. The van der Waals surface area contributed by atoms with Crippen molar-refractivity contribution in [1.29, 1.82) is 0 Å². The summed E-state index contributed by atoms with van der Waals surface area (Å²) in [6.45, 7) is 4.82. The van der Waals surface area contributed by atoms with Crippen LogP contribution in [0.3, 0.4) is 0 Å². The highest BCUT2D eigenvalue weighted by Gasteiger charge is 2.02. The first-order valence-corrected chi connectivity index (χ1v) is 7.16.